The van der Waals surface area contributed by atoms with Crippen LogP contribution in [0.4, 0.5) is 0 Å². The highest BCUT2D eigenvalue weighted by Crippen LogP contribution is 2.34. The van der Waals surface area contributed by atoms with Gasteiger partial charge in [0.05, 0.1) is 13.2 Å². The molecule has 1 atom stereocenters. The quantitative estimate of drug-likeness (QED) is 0.888. The van der Waals surface area contributed by atoms with Gasteiger partial charge in [-0.1, -0.05) is 35.0 Å². The molecule has 1 aromatic carbocycles. The van der Waals surface area contributed by atoms with Crippen LogP contribution in [0.2, 0.25) is 0 Å². The SMILES string of the molecule is CCNC(c1cccs1)c1ccc(Br)cc1OC. The van der Waals surface area contributed by atoms with Gasteiger partial charge < -0.3 is 10.1 Å². The van der Waals surface area contributed by atoms with Crippen LogP contribution in [0.3, 0.4) is 0 Å². The lowest BCUT2D eigenvalue weighted by Gasteiger charge is -2.19. The second kappa shape index (κ2) is 6.36. The Morgan fingerprint density at radius 2 is 2.22 bits per heavy atom. The van der Waals surface area contributed by atoms with Crippen molar-refractivity contribution in [1.29, 1.82) is 0 Å². The molecule has 0 saturated heterocycles. The number of methoxy groups -OCH3 is 1. The number of nitrogens with one attached hydrogen (secondary N) is 1. The molecule has 1 unspecified atom stereocenters. The first-order valence-corrected chi connectivity index (χ1v) is 7.53. The van der Waals surface area contributed by atoms with Crippen LogP contribution in [0, 0.1) is 0 Å². The summed E-state index contributed by atoms with van der Waals surface area (Å²) < 4.78 is 6.52. The van der Waals surface area contributed by atoms with Crippen molar-refractivity contribution in [1.82, 2.24) is 5.32 Å². The molecule has 2 nitrogen and oxygen atoms in total. The Morgan fingerprint density at radius 1 is 1.39 bits per heavy atom. The molecule has 96 valence electrons. The summed E-state index contributed by atoms with van der Waals surface area (Å²) >= 11 is 5.24. The fourth-order valence-corrected chi connectivity index (χ4v) is 3.10. The molecule has 1 heterocycles. The van der Waals surface area contributed by atoms with Crippen molar-refractivity contribution in [2.75, 3.05) is 13.7 Å². The van der Waals surface area contributed by atoms with E-state index < -0.39 is 0 Å². The van der Waals surface area contributed by atoms with E-state index in [2.05, 4.69) is 57.8 Å². The molecule has 0 spiro atoms. The van der Waals surface area contributed by atoms with Crippen molar-refractivity contribution >= 4 is 27.3 Å². The molecular formula is C14H16BrNOS. The lowest BCUT2D eigenvalue weighted by atomic mass is 10.0. The minimum Gasteiger partial charge on any atom is -0.496 e. The lowest BCUT2D eigenvalue weighted by Crippen LogP contribution is -2.21. The molecular weight excluding hydrogens is 310 g/mol. The largest absolute Gasteiger partial charge is 0.496 e. The molecule has 0 amide bonds. The minimum atomic E-state index is 0.193. The predicted molar refractivity (Wildman–Crippen MR) is 80.5 cm³/mol. The van der Waals surface area contributed by atoms with E-state index in [-0.39, 0.29) is 6.04 Å². The Labute approximate surface area is 120 Å². The molecule has 0 bridgehead atoms. The summed E-state index contributed by atoms with van der Waals surface area (Å²) in [5.74, 6) is 0.906. The fourth-order valence-electron chi connectivity index (χ4n) is 1.95. The summed E-state index contributed by atoms with van der Waals surface area (Å²) in [5, 5.41) is 5.61. The highest BCUT2D eigenvalue weighted by atomic mass is 79.9. The second-order valence-electron chi connectivity index (χ2n) is 3.89. The van der Waals surface area contributed by atoms with Crippen molar-refractivity contribution in [3.05, 3.63) is 50.6 Å². The zero-order chi connectivity index (χ0) is 13.0. The van der Waals surface area contributed by atoms with Gasteiger partial charge in [0.2, 0.25) is 0 Å². The van der Waals surface area contributed by atoms with Crippen LogP contribution in [0.25, 0.3) is 0 Å². The number of rotatable bonds is 5. The van der Waals surface area contributed by atoms with E-state index in [1.165, 1.54) is 10.4 Å². The Balaban J connectivity index is 2.42. The van der Waals surface area contributed by atoms with Gasteiger partial charge >= 0.3 is 0 Å². The molecule has 0 radical (unpaired) electrons. The third-order valence-corrected chi connectivity index (χ3v) is 4.17. The summed E-state index contributed by atoms with van der Waals surface area (Å²) in [7, 11) is 1.71. The standard InChI is InChI=1S/C14H16BrNOS/c1-3-16-14(13-5-4-8-18-13)11-7-6-10(15)9-12(11)17-2/h4-9,14,16H,3H2,1-2H3. The Kier molecular flexibility index (Phi) is 4.80. The zero-order valence-corrected chi connectivity index (χ0v) is 12.8. The predicted octanol–water partition coefficient (Wildman–Crippen LogP) is 4.22. The van der Waals surface area contributed by atoms with Crippen LogP contribution in [0.15, 0.2) is 40.2 Å². The van der Waals surface area contributed by atoms with Crippen molar-refractivity contribution < 1.29 is 4.74 Å². The van der Waals surface area contributed by atoms with E-state index in [1.54, 1.807) is 18.4 Å². The molecule has 2 rings (SSSR count). The highest BCUT2D eigenvalue weighted by Gasteiger charge is 2.18. The van der Waals surface area contributed by atoms with E-state index in [1.807, 2.05) is 6.07 Å². The maximum atomic E-state index is 5.49. The van der Waals surface area contributed by atoms with Crippen molar-refractivity contribution in [2.45, 2.75) is 13.0 Å². The fraction of sp³-hybridized carbons (Fsp3) is 0.286. The second-order valence-corrected chi connectivity index (χ2v) is 5.79. The maximum absolute atomic E-state index is 5.49. The molecule has 0 aliphatic rings. The normalized spacial score (nSPS) is 12.4. The summed E-state index contributed by atoms with van der Waals surface area (Å²) in [6.07, 6.45) is 0. The Bertz CT molecular complexity index is 499. The zero-order valence-electron chi connectivity index (χ0n) is 10.4. The molecule has 4 heteroatoms. The molecule has 2 aromatic rings. The van der Waals surface area contributed by atoms with E-state index >= 15 is 0 Å². The van der Waals surface area contributed by atoms with Crippen molar-refractivity contribution in [3.63, 3.8) is 0 Å². The number of benzene rings is 1. The molecule has 0 aliphatic heterocycles. The topological polar surface area (TPSA) is 21.3 Å². The van der Waals surface area contributed by atoms with E-state index in [0.717, 1.165) is 16.8 Å². The van der Waals surface area contributed by atoms with Gasteiger partial charge in [-0.15, -0.1) is 11.3 Å². The highest BCUT2D eigenvalue weighted by molar-refractivity contribution is 9.10. The van der Waals surface area contributed by atoms with Gasteiger partial charge in [0, 0.05) is 14.9 Å². The van der Waals surface area contributed by atoms with Crippen LogP contribution < -0.4 is 10.1 Å². The number of halogens is 1. The van der Waals surface area contributed by atoms with Crippen LogP contribution in [-0.2, 0) is 0 Å². The van der Waals surface area contributed by atoms with E-state index in [0.29, 0.717) is 0 Å². The lowest BCUT2D eigenvalue weighted by molar-refractivity contribution is 0.404. The number of hydrogen-bond donors (Lipinski definition) is 1. The summed E-state index contributed by atoms with van der Waals surface area (Å²) in [6.45, 7) is 3.04. The number of hydrogen-bond acceptors (Lipinski definition) is 3. The smallest absolute Gasteiger partial charge is 0.125 e. The third kappa shape index (κ3) is 2.94. The van der Waals surface area contributed by atoms with Crippen LogP contribution in [-0.4, -0.2) is 13.7 Å². The van der Waals surface area contributed by atoms with Gasteiger partial charge in [0.15, 0.2) is 0 Å². The van der Waals surface area contributed by atoms with Gasteiger partial charge in [-0.25, -0.2) is 0 Å². The van der Waals surface area contributed by atoms with E-state index in [9.17, 15) is 0 Å². The van der Waals surface area contributed by atoms with Crippen molar-refractivity contribution in [3.8, 4) is 5.75 Å². The monoisotopic (exact) mass is 325 g/mol. The molecule has 0 aliphatic carbocycles. The molecule has 1 aromatic heterocycles. The third-order valence-electron chi connectivity index (χ3n) is 2.74. The maximum Gasteiger partial charge on any atom is 0.125 e. The molecule has 1 N–H and O–H groups in total. The molecule has 18 heavy (non-hydrogen) atoms. The van der Waals surface area contributed by atoms with Gasteiger partial charge in [-0.2, -0.15) is 0 Å². The van der Waals surface area contributed by atoms with Gasteiger partial charge in [0.25, 0.3) is 0 Å². The minimum absolute atomic E-state index is 0.193. The molecule has 0 fully saturated rings. The van der Waals surface area contributed by atoms with E-state index in [4.69, 9.17) is 4.74 Å². The first-order chi connectivity index (χ1) is 8.76. The Morgan fingerprint density at radius 3 is 2.83 bits per heavy atom. The Hall–Kier alpha value is -0.840. The van der Waals surface area contributed by atoms with Crippen molar-refractivity contribution in [2.24, 2.45) is 0 Å². The van der Waals surface area contributed by atoms with Gasteiger partial charge in [-0.05, 0) is 30.1 Å². The van der Waals surface area contributed by atoms with Gasteiger partial charge in [0.1, 0.15) is 5.75 Å². The van der Waals surface area contributed by atoms with Gasteiger partial charge in [-0.3, -0.25) is 0 Å². The van der Waals surface area contributed by atoms with Crippen LogP contribution in [0.1, 0.15) is 23.4 Å². The average Bonchev–Trinajstić information content (AvgIpc) is 2.90. The molecule has 0 saturated carbocycles. The average molecular weight is 326 g/mol. The summed E-state index contributed by atoms with van der Waals surface area (Å²) in [4.78, 5) is 1.30. The van der Waals surface area contributed by atoms with Crippen LogP contribution in [0.5, 0.6) is 5.75 Å². The van der Waals surface area contributed by atoms with Crippen LogP contribution >= 0.6 is 27.3 Å². The number of thiophene rings is 1. The first-order valence-electron chi connectivity index (χ1n) is 5.86. The number of ether oxygens (including phenoxy) is 1. The first kappa shape index (κ1) is 13.6. The summed E-state index contributed by atoms with van der Waals surface area (Å²) in [6, 6.07) is 10.6. The summed E-state index contributed by atoms with van der Waals surface area (Å²) in [5.41, 5.74) is 1.17.